The molecular formula is C14H17N3O5S2. The molecule has 2 heterocycles. The van der Waals surface area contributed by atoms with Gasteiger partial charge < -0.3 is 4.52 Å². The summed E-state index contributed by atoms with van der Waals surface area (Å²) in [4.78, 5) is -0.0123. The molecule has 1 N–H and O–H groups in total. The molecule has 0 spiro atoms. The van der Waals surface area contributed by atoms with Gasteiger partial charge in [0.25, 0.3) is 10.0 Å². The van der Waals surface area contributed by atoms with Crippen molar-refractivity contribution in [3.8, 4) is 0 Å². The van der Waals surface area contributed by atoms with Crippen LogP contribution in [0.25, 0.3) is 0 Å². The molecule has 1 fully saturated rings. The predicted molar refractivity (Wildman–Crippen MR) is 89.0 cm³/mol. The van der Waals surface area contributed by atoms with Gasteiger partial charge in [0.15, 0.2) is 10.7 Å². The second-order valence-electron chi connectivity index (χ2n) is 5.55. The van der Waals surface area contributed by atoms with E-state index in [1.54, 1.807) is 18.2 Å². The van der Waals surface area contributed by atoms with Crippen LogP contribution in [0.1, 0.15) is 17.9 Å². The normalized spacial score (nSPS) is 17.2. The number of hydrogen-bond acceptors (Lipinski definition) is 6. The summed E-state index contributed by atoms with van der Waals surface area (Å²) >= 11 is 0. The molecule has 0 unspecified atom stereocenters. The predicted octanol–water partition coefficient (Wildman–Crippen LogP) is 1.63. The largest absolute Gasteiger partial charge is 0.360 e. The fourth-order valence-corrected chi connectivity index (χ4v) is 5.66. The minimum Gasteiger partial charge on any atom is -0.360 e. The second-order valence-corrected chi connectivity index (χ2v) is 9.18. The molecule has 0 bridgehead atoms. The van der Waals surface area contributed by atoms with Crippen molar-refractivity contribution < 1.29 is 21.4 Å². The van der Waals surface area contributed by atoms with Gasteiger partial charge in [-0.1, -0.05) is 11.2 Å². The molecule has 3 rings (SSSR count). The van der Waals surface area contributed by atoms with Crippen LogP contribution in [0.5, 0.6) is 0 Å². The Kier molecular flexibility index (Phi) is 4.04. The van der Waals surface area contributed by atoms with Crippen molar-refractivity contribution in [2.75, 3.05) is 21.3 Å². The molecule has 1 aromatic carbocycles. The van der Waals surface area contributed by atoms with Crippen LogP contribution in [0.4, 0.5) is 11.4 Å². The molecule has 1 aromatic heterocycles. The Morgan fingerprint density at radius 3 is 2.62 bits per heavy atom. The first-order valence-corrected chi connectivity index (χ1v) is 10.4. The van der Waals surface area contributed by atoms with Gasteiger partial charge in [-0.2, -0.15) is 0 Å². The van der Waals surface area contributed by atoms with Gasteiger partial charge in [0.1, 0.15) is 5.69 Å². The summed E-state index contributed by atoms with van der Waals surface area (Å²) in [6.07, 6.45) is 0.553. The van der Waals surface area contributed by atoms with Crippen molar-refractivity contribution in [2.24, 2.45) is 0 Å². The molecular weight excluding hydrogens is 354 g/mol. The van der Waals surface area contributed by atoms with Crippen LogP contribution in [0.15, 0.2) is 33.7 Å². The van der Waals surface area contributed by atoms with Crippen molar-refractivity contribution in [3.05, 3.63) is 35.7 Å². The summed E-state index contributed by atoms with van der Waals surface area (Å²) in [6.45, 7) is 3.45. The Hall–Kier alpha value is -2.07. The number of nitrogens with one attached hydrogen (secondary N) is 1. The topological polar surface area (TPSA) is 110 Å². The number of anilines is 2. The van der Waals surface area contributed by atoms with Crippen molar-refractivity contribution in [1.29, 1.82) is 0 Å². The zero-order valence-corrected chi connectivity index (χ0v) is 14.8. The molecule has 1 aliphatic heterocycles. The van der Waals surface area contributed by atoms with Gasteiger partial charge in [-0.25, -0.2) is 16.8 Å². The third-order valence-electron chi connectivity index (χ3n) is 3.72. The minimum atomic E-state index is -3.87. The van der Waals surface area contributed by atoms with Gasteiger partial charge in [-0.05, 0) is 38.5 Å². The third kappa shape index (κ3) is 2.98. The van der Waals surface area contributed by atoms with Crippen LogP contribution in [-0.4, -0.2) is 34.3 Å². The van der Waals surface area contributed by atoms with Gasteiger partial charge >= 0.3 is 0 Å². The Morgan fingerprint density at radius 1 is 1.29 bits per heavy atom. The van der Waals surface area contributed by atoms with Gasteiger partial charge in [-0.15, -0.1) is 0 Å². The first-order chi connectivity index (χ1) is 11.2. The molecule has 0 radical (unpaired) electrons. The molecule has 1 aliphatic rings. The lowest BCUT2D eigenvalue weighted by molar-refractivity contribution is 0.390. The summed E-state index contributed by atoms with van der Waals surface area (Å²) < 4.78 is 57.7. The van der Waals surface area contributed by atoms with E-state index < -0.39 is 20.0 Å². The van der Waals surface area contributed by atoms with Crippen LogP contribution in [0.2, 0.25) is 0 Å². The maximum Gasteiger partial charge on any atom is 0.267 e. The SMILES string of the molecule is Cc1noc(C)c1S(=O)(=O)Nc1cccc(N2CCCS2(=O)=O)c1. The lowest BCUT2D eigenvalue weighted by atomic mass is 10.3. The van der Waals surface area contributed by atoms with E-state index in [-0.39, 0.29) is 27.8 Å². The maximum atomic E-state index is 12.5. The molecule has 24 heavy (non-hydrogen) atoms. The summed E-state index contributed by atoms with van der Waals surface area (Å²) in [7, 11) is -7.20. The van der Waals surface area contributed by atoms with Crippen LogP contribution in [0.3, 0.4) is 0 Å². The van der Waals surface area contributed by atoms with E-state index in [9.17, 15) is 16.8 Å². The van der Waals surface area contributed by atoms with Crippen LogP contribution in [0, 0.1) is 13.8 Å². The van der Waals surface area contributed by atoms with E-state index in [0.717, 1.165) is 0 Å². The summed E-state index contributed by atoms with van der Waals surface area (Å²) in [5.41, 5.74) is 0.972. The van der Waals surface area contributed by atoms with Crippen molar-refractivity contribution in [3.63, 3.8) is 0 Å². The number of nitrogens with zero attached hydrogens (tertiary/aromatic N) is 2. The fourth-order valence-electron chi connectivity index (χ4n) is 2.72. The molecule has 10 heteroatoms. The summed E-state index contributed by atoms with van der Waals surface area (Å²) in [5, 5.41) is 3.64. The average Bonchev–Trinajstić information content (AvgIpc) is 3.00. The smallest absolute Gasteiger partial charge is 0.267 e. The fraction of sp³-hybridized carbons (Fsp3) is 0.357. The zero-order chi connectivity index (χ0) is 17.5. The first kappa shape index (κ1) is 16.8. The second kappa shape index (κ2) is 5.78. The maximum absolute atomic E-state index is 12.5. The average molecular weight is 371 g/mol. The summed E-state index contributed by atoms with van der Waals surface area (Å²) in [6, 6.07) is 6.30. The lowest BCUT2D eigenvalue weighted by Gasteiger charge is -2.18. The van der Waals surface area contributed by atoms with E-state index in [2.05, 4.69) is 9.88 Å². The number of aryl methyl sites for hydroxylation is 2. The standard InChI is InChI=1S/C14H17N3O5S2/c1-10-14(11(2)22-15-10)24(20,21)16-12-5-3-6-13(9-12)17-7-4-8-23(17,18)19/h3,5-6,9,16H,4,7-8H2,1-2H3. The number of benzene rings is 1. The van der Waals surface area contributed by atoms with E-state index in [0.29, 0.717) is 18.7 Å². The van der Waals surface area contributed by atoms with E-state index in [4.69, 9.17) is 4.52 Å². The zero-order valence-electron chi connectivity index (χ0n) is 13.2. The lowest BCUT2D eigenvalue weighted by Crippen LogP contribution is -2.25. The number of sulfonamides is 2. The van der Waals surface area contributed by atoms with Crippen molar-refractivity contribution >= 4 is 31.4 Å². The highest BCUT2D eigenvalue weighted by molar-refractivity contribution is 7.93. The Labute approximate surface area is 140 Å². The minimum absolute atomic E-state index is 0.0123. The van der Waals surface area contributed by atoms with Crippen LogP contribution >= 0.6 is 0 Å². The van der Waals surface area contributed by atoms with Crippen molar-refractivity contribution in [1.82, 2.24) is 5.16 Å². The molecule has 2 aromatic rings. The van der Waals surface area contributed by atoms with E-state index in [1.807, 2.05) is 0 Å². The number of hydrogen-bond donors (Lipinski definition) is 1. The highest BCUT2D eigenvalue weighted by Crippen LogP contribution is 2.28. The molecule has 1 saturated heterocycles. The monoisotopic (exact) mass is 371 g/mol. The van der Waals surface area contributed by atoms with Gasteiger partial charge in [-0.3, -0.25) is 9.03 Å². The van der Waals surface area contributed by atoms with Crippen LogP contribution < -0.4 is 9.03 Å². The first-order valence-electron chi connectivity index (χ1n) is 7.27. The van der Waals surface area contributed by atoms with Gasteiger partial charge in [0.05, 0.1) is 17.1 Å². The highest BCUT2D eigenvalue weighted by Gasteiger charge is 2.29. The highest BCUT2D eigenvalue weighted by atomic mass is 32.2. The Balaban J connectivity index is 1.93. The summed E-state index contributed by atoms with van der Waals surface area (Å²) in [5.74, 6) is 0.292. The quantitative estimate of drug-likeness (QED) is 0.875. The number of rotatable bonds is 4. The van der Waals surface area contributed by atoms with E-state index in [1.165, 1.54) is 24.2 Å². The molecule has 0 amide bonds. The van der Waals surface area contributed by atoms with Crippen molar-refractivity contribution in [2.45, 2.75) is 25.2 Å². The van der Waals surface area contributed by atoms with E-state index >= 15 is 0 Å². The van der Waals surface area contributed by atoms with Gasteiger partial charge in [0, 0.05) is 6.54 Å². The molecule has 130 valence electrons. The molecule has 0 aliphatic carbocycles. The van der Waals surface area contributed by atoms with Crippen LogP contribution in [-0.2, 0) is 20.0 Å². The molecule has 8 nitrogen and oxygen atoms in total. The molecule has 0 saturated carbocycles. The Bertz CT molecular complexity index is 960. The Morgan fingerprint density at radius 2 is 2.04 bits per heavy atom. The third-order valence-corrected chi connectivity index (χ3v) is 7.22. The molecule has 0 atom stereocenters. The van der Waals surface area contributed by atoms with Gasteiger partial charge in [0.2, 0.25) is 10.0 Å². The number of aromatic nitrogens is 1.